The first-order valence-corrected chi connectivity index (χ1v) is 9.34. The molecular weight excluding hydrogens is 318 g/mol. The maximum Gasteiger partial charge on any atom is 0.248 e. The van der Waals surface area contributed by atoms with Crippen LogP contribution in [0.1, 0.15) is 31.9 Å². The highest BCUT2D eigenvalue weighted by Gasteiger charge is 2.12. The van der Waals surface area contributed by atoms with E-state index in [1.54, 1.807) is 36.6 Å². The average molecular weight is 341 g/mol. The van der Waals surface area contributed by atoms with Crippen molar-refractivity contribution in [1.29, 1.82) is 0 Å². The predicted octanol–water partition coefficient (Wildman–Crippen LogP) is 4.37. The largest absolute Gasteiger partial charge is 0.323 e. The van der Waals surface area contributed by atoms with Crippen molar-refractivity contribution in [2.24, 2.45) is 0 Å². The Labute approximate surface area is 146 Å². The van der Waals surface area contributed by atoms with Gasteiger partial charge in [0.05, 0.1) is 0 Å². The molecule has 0 aromatic heterocycles. The van der Waals surface area contributed by atoms with Gasteiger partial charge in [-0.15, -0.1) is 0 Å². The minimum absolute atomic E-state index is 0.119. The third-order valence-corrected chi connectivity index (χ3v) is 4.59. The zero-order valence-electron chi connectivity index (χ0n) is 14.5. The highest BCUT2D eigenvalue weighted by Crippen LogP contribution is 2.22. The van der Waals surface area contributed by atoms with Crippen LogP contribution in [0.5, 0.6) is 0 Å². The molecule has 4 heteroatoms. The number of anilines is 1. The van der Waals surface area contributed by atoms with E-state index >= 15 is 0 Å². The van der Waals surface area contributed by atoms with Crippen LogP contribution < -0.4 is 5.32 Å². The maximum absolute atomic E-state index is 12.0. The molecule has 3 nitrogen and oxygen atoms in total. The van der Waals surface area contributed by atoms with Crippen molar-refractivity contribution in [2.45, 2.75) is 31.1 Å². The molecule has 0 aliphatic carbocycles. The number of hydrogen-bond donors (Lipinski definition) is 1. The second-order valence-corrected chi connectivity index (χ2v) is 8.05. The van der Waals surface area contributed by atoms with Crippen LogP contribution in [0.2, 0.25) is 0 Å². The van der Waals surface area contributed by atoms with Gasteiger partial charge < -0.3 is 5.32 Å². The van der Waals surface area contributed by atoms with Crippen molar-refractivity contribution in [1.82, 2.24) is 0 Å². The van der Waals surface area contributed by atoms with Crippen LogP contribution in [-0.2, 0) is 21.0 Å². The Kier molecular flexibility index (Phi) is 5.73. The number of hydrogen-bond acceptors (Lipinski definition) is 2. The normalized spacial score (nSPS) is 13.0. The lowest BCUT2D eigenvalue weighted by Crippen LogP contribution is -2.10. The SMILES string of the molecule is CS(=O)c1ccc(NC(=O)/C=C/c2ccc(C(C)(C)C)cc2)cc1. The molecule has 1 N–H and O–H groups in total. The summed E-state index contributed by atoms with van der Waals surface area (Å²) in [5.74, 6) is -0.194. The Morgan fingerprint density at radius 2 is 1.58 bits per heavy atom. The number of amides is 1. The Morgan fingerprint density at radius 3 is 2.08 bits per heavy atom. The van der Waals surface area contributed by atoms with Gasteiger partial charge in [-0.1, -0.05) is 45.0 Å². The topological polar surface area (TPSA) is 46.2 Å². The van der Waals surface area contributed by atoms with Gasteiger partial charge in [0.25, 0.3) is 0 Å². The summed E-state index contributed by atoms with van der Waals surface area (Å²) >= 11 is 0. The van der Waals surface area contributed by atoms with Crippen LogP contribution in [0.4, 0.5) is 5.69 Å². The van der Waals surface area contributed by atoms with Crippen molar-refractivity contribution in [2.75, 3.05) is 11.6 Å². The van der Waals surface area contributed by atoms with Crippen molar-refractivity contribution in [3.8, 4) is 0 Å². The van der Waals surface area contributed by atoms with E-state index in [4.69, 9.17) is 0 Å². The van der Waals surface area contributed by atoms with Crippen LogP contribution in [0.25, 0.3) is 6.08 Å². The van der Waals surface area contributed by atoms with Gasteiger partial charge in [-0.25, -0.2) is 0 Å². The predicted molar refractivity (Wildman–Crippen MR) is 102 cm³/mol. The summed E-state index contributed by atoms with van der Waals surface area (Å²) in [6.45, 7) is 6.51. The fraction of sp³-hybridized carbons (Fsp3) is 0.250. The Balaban J connectivity index is 1.98. The van der Waals surface area contributed by atoms with E-state index < -0.39 is 10.8 Å². The first kappa shape index (κ1) is 18.1. The zero-order chi connectivity index (χ0) is 17.7. The standard InChI is InChI=1S/C20H23NO2S/c1-20(2,3)16-8-5-15(6-9-16)7-14-19(22)21-17-10-12-18(13-11-17)24(4)23/h5-14H,1-4H3,(H,21,22)/b14-7+. The van der Waals surface area contributed by atoms with E-state index in [9.17, 15) is 9.00 Å². The van der Waals surface area contributed by atoms with Crippen molar-refractivity contribution in [3.63, 3.8) is 0 Å². The van der Waals surface area contributed by atoms with Gasteiger partial charge in [0.1, 0.15) is 0 Å². The molecule has 0 spiro atoms. The molecule has 0 bridgehead atoms. The quantitative estimate of drug-likeness (QED) is 0.839. The molecule has 0 fully saturated rings. The van der Waals surface area contributed by atoms with Crippen LogP contribution >= 0.6 is 0 Å². The zero-order valence-corrected chi connectivity index (χ0v) is 15.3. The lowest BCUT2D eigenvalue weighted by atomic mass is 9.87. The lowest BCUT2D eigenvalue weighted by molar-refractivity contribution is -0.111. The number of carbonyl (C=O) groups is 1. The van der Waals surface area contributed by atoms with Crippen LogP contribution in [0, 0.1) is 0 Å². The average Bonchev–Trinajstić information content (AvgIpc) is 2.53. The van der Waals surface area contributed by atoms with Crippen molar-refractivity contribution >= 4 is 28.5 Å². The van der Waals surface area contributed by atoms with Gasteiger partial charge in [-0.3, -0.25) is 9.00 Å². The number of carbonyl (C=O) groups excluding carboxylic acids is 1. The Morgan fingerprint density at radius 1 is 1.00 bits per heavy atom. The molecule has 1 unspecified atom stereocenters. The number of nitrogens with one attached hydrogen (secondary N) is 1. The molecule has 0 saturated carbocycles. The third-order valence-electron chi connectivity index (χ3n) is 3.66. The van der Waals surface area contributed by atoms with E-state index in [0.29, 0.717) is 5.69 Å². The second kappa shape index (κ2) is 7.58. The van der Waals surface area contributed by atoms with Gasteiger partial charge in [-0.2, -0.15) is 0 Å². The molecule has 2 aromatic carbocycles. The van der Waals surface area contributed by atoms with Gasteiger partial charge >= 0.3 is 0 Å². The number of rotatable bonds is 4. The second-order valence-electron chi connectivity index (χ2n) is 6.67. The van der Waals surface area contributed by atoms with Crippen LogP contribution in [0.15, 0.2) is 59.5 Å². The minimum atomic E-state index is -1.01. The monoisotopic (exact) mass is 341 g/mol. The van der Waals surface area contributed by atoms with E-state index in [2.05, 4.69) is 38.2 Å². The van der Waals surface area contributed by atoms with Crippen LogP contribution in [0.3, 0.4) is 0 Å². The van der Waals surface area contributed by atoms with Gasteiger partial charge in [0, 0.05) is 33.7 Å². The first-order chi connectivity index (χ1) is 11.3. The molecule has 2 aromatic rings. The highest BCUT2D eigenvalue weighted by molar-refractivity contribution is 7.84. The van der Waals surface area contributed by atoms with Crippen LogP contribution in [-0.4, -0.2) is 16.4 Å². The van der Waals surface area contributed by atoms with Gasteiger partial charge in [0.2, 0.25) is 5.91 Å². The summed E-state index contributed by atoms with van der Waals surface area (Å²) in [7, 11) is -1.01. The molecule has 0 aliphatic rings. The fourth-order valence-corrected chi connectivity index (χ4v) is 2.70. The lowest BCUT2D eigenvalue weighted by Gasteiger charge is -2.18. The molecule has 0 radical (unpaired) electrons. The molecule has 0 aliphatic heterocycles. The van der Waals surface area contributed by atoms with E-state index in [0.717, 1.165) is 10.5 Å². The molecule has 24 heavy (non-hydrogen) atoms. The van der Waals surface area contributed by atoms with Crippen molar-refractivity contribution in [3.05, 3.63) is 65.7 Å². The molecule has 1 atom stereocenters. The summed E-state index contributed by atoms with van der Waals surface area (Å²) in [6, 6.07) is 15.2. The first-order valence-electron chi connectivity index (χ1n) is 7.79. The fourth-order valence-electron chi connectivity index (χ4n) is 2.18. The molecule has 0 saturated heterocycles. The van der Waals surface area contributed by atoms with Gasteiger partial charge in [-0.05, 0) is 46.9 Å². The molecule has 0 heterocycles. The van der Waals surface area contributed by atoms with E-state index in [1.165, 1.54) is 11.6 Å². The Bertz CT molecular complexity index is 754. The van der Waals surface area contributed by atoms with Crippen molar-refractivity contribution < 1.29 is 9.00 Å². The minimum Gasteiger partial charge on any atom is -0.323 e. The molecular formula is C20H23NO2S. The third kappa shape index (κ3) is 5.17. The summed E-state index contributed by atoms with van der Waals surface area (Å²) < 4.78 is 11.3. The number of benzene rings is 2. The summed E-state index contributed by atoms with van der Waals surface area (Å²) in [5, 5.41) is 2.79. The summed E-state index contributed by atoms with van der Waals surface area (Å²) in [6.07, 6.45) is 4.93. The highest BCUT2D eigenvalue weighted by atomic mass is 32.2. The van der Waals surface area contributed by atoms with E-state index in [1.807, 2.05) is 12.1 Å². The van der Waals surface area contributed by atoms with Gasteiger partial charge in [0.15, 0.2) is 0 Å². The smallest absolute Gasteiger partial charge is 0.248 e. The summed E-state index contributed by atoms with van der Waals surface area (Å²) in [4.78, 5) is 12.7. The molecule has 2 rings (SSSR count). The molecule has 1 amide bonds. The summed E-state index contributed by atoms with van der Waals surface area (Å²) in [5.41, 5.74) is 3.04. The Hall–Kier alpha value is -2.20. The van der Waals surface area contributed by atoms with E-state index in [-0.39, 0.29) is 11.3 Å². The maximum atomic E-state index is 12.0. The molecule has 126 valence electrons.